The van der Waals surface area contributed by atoms with Crippen molar-refractivity contribution < 1.29 is 13.9 Å². The maximum Gasteiger partial charge on any atom is 0.242 e. The van der Waals surface area contributed by atoms with Gasteiger partial charge in [0.1, 0.15) is 17.3 Å². The van der Waals surface area contributed by atoms with Crippen LogP contribution in [-0.4, -0.2) is 73.6 Å². The van der Waals surface area contributed by atoms with Gasteiger partial charge in [-0.1, -0.05) is 6.92 Å². The number of nitrogens with zero attached hydrogens (tertiary/aromatic N) is 8. The number of ether oxygens (including phenoxy) is 1. The molecule has 1 aliphatic heterocycles. The van der Waals surface area contributed by atoms with Crippen molar-refractivity contribution in [3.8, 4) is 17.3 Å². The van der Waals surface area contributed by atoms with Gasteiger partial charge in [-0.15, -0.1) is 0 Å². The molecular formula is C26H30FN9O2. The summed E-state index contributed by atoms with van der Waals surface area (Å²) in [7, 11) is 1.51. The molecule has 38 heavy (non-hydrogen) atoms. The average molecular weight is 520 g/mol. The van der Waals surface area contributed by atoms with Gasteiger partial charge in [0.25, 0.3) is 0 Å². The van der Waals surface area contributed by atoms with Gasteiger partial charge in [0.15, 0.2) is 11.3 Å². The zero-order valence-electron chi connectivity index (χ0n) is 22.1. The van der Waals surface area contributed by atoms with Crippen LogP contribution in [0.4, 0.5) is 21.8 Å². The van der Waals surface area contributed by atoms with Crippen LogP contribution in [0.5, 0.6) is 5.88 Å². The molecule has 0 aliphatic carbocycles. The standard InChI is InChI=1S/C26H30FN9O2/c1-6-34-9-10-35(22(37)14-34)17-7-8-21(28-12-17)32-26-29-13-18(27)23(33-26)19-11-20-24(25(31-19)38-5)30-16(4)36(20)15(2)3/h7-8,11-13,15H,6,9-10,14H2,1-5H3,(H,28,29,32,33). The SMILES string of the molecule is CCN1CCN(c2ccc(Nc3ncc(F)c(-c4cc5c(nc(C)n5C(C)C)c(OC)n4)n3)nc2)C(=O)C1. The molecular weight excluding hydrogens is 489 g/mol. The minimum absolute atomic E-state index is 0.0212. The van der Waals surface area contributed by atoms with Crippen LogP contribution < -0.4 is 15.0 Å². The number of hydrogen-bond donors (Lipinski definition) is 1. The second-order valence-electron chi connectivity index (χ2n) is 9.34. The molecule has 198 valence electrons. The minimum Gasteiger partial charge on any atom is -0.479 e. The van der Waals surface area contributed by atoms with Crippen LogP contribution in [-0.2, 0) is 4.79 Å². The van der Waals surface area contributed by atoms with Crippen LogP contribution in [0, 0.1) is 12.7 Å². The number of aromatic nitrogens is 6. The third-order valence-electron chi connectivity index (χ3n) is 6.57. The van der Waals surface area contributed by atoms with E-state index in [1.807, 2.05) is 38.3 Å². The molecule has 12 heteroatoms. The zero-order valence-corrected chi connectivity index (χ0v) is 22.1. The van der Waals surface area contributed by atoms with Gasteiger partial charge in [-0.2, -0.15) is 0 Å². The van der Waals surface area contributed by atoms with Crippen molar-refractivity contribution in [3.63, 3.8) is 0 Å². The fraction of sp³-hybridized carbons (Fsp3) is 0.385. The first-order valence-electron chi connectivity index (χ1n) is 12.5. The Morgan fingerprint density at radius 3 is 2.61 bits per heavy atom. The Bertz CT molecular complexity index is 1490. The Morgan fingerprint density at radius 2 is 1.95 bits per heavy atom. The number of carbonyl (C=O) groups is 1. The highest BCUT2D eigenvalue weighted by Gasteiger charge is 2.24. The number of rotatable bonds is 7. The Kier molecular flexibility index (Phi) is 6.89. The number of nitrogens with one attached hydrogen (secondary N) is 1. The van der Waals surface area contributed by atoms with E-state index in [9.17, 15) is 9.18 Å². The van der Waals surface area contributed by atoms with Crippen LogP contribution in [0.15, 0.2) is 30.6 Å². The molecule has 0 bridgehead atoms. The number of aryl methyl sites for hydroxylation is 1. The van der Waals surface area contributed by atoms with E-state index in [0.717, 1.165) is 36.3 Å². The van der Waals surface area contributed by atoms with Crippen LogP contribution >= 0.6 is 0 Å². The second-order valence-corrected chi connectivity index (χ2v) is 9.34. The van der Waals surface area contributed by atoms with E-state index >= 15 is 0 Å². The summed E-state index contributed by atoms with van der Waals surface area (Å²) in [6.07, 6.45) is 2.72. The summed E-state index contributed by atoms with van der Waals surface area (Å²) in [5, 5.41) is 3.01. The number of anilines is 3. The molecule has 0 atom stereocenters. The van der Waals surface area contributed by atoms with E-state index < -0.39 is 5.82 Å². The van der Waals surface area contributed by atoms with Crippen LogP contribution in [0.2, 0.25) is 0 Å². The largest absolute Gasteiger partial charge is 0.479 e. The highest BCUT2D eigenvalue weighted by atomic mass is 19.1. The average Bonchev–Trinajstić information content (AvgIpc) is 3.25. The second kappa shape index (κ2) is 10.3. The molecule has 1 N–H and O–H groups in total. The molecule has 1 aliphatic rings. The van der Waals surface area contributed by atoms with Crippen LogP contribution in [0.25, 0.3) is 22.4 Å². The molecule has 5 heterocycles. The lowest BCUT2D eigenvalue weighted by Crippen LogP contribution is -2.50. The molecule has 1 amide bonds. The molecule has 0 aromatic carbocycles. The van der Waals surface area contributed by atoms with Crippen molar-refractivity contribution in [3.05, 3.63) is 42.2 Å². The van der Waals surface area contributed by atoms with Crippen LogP contribution in [0.1, 0.15) is 32.6 Å². The first-order chi connectivity index (χ1) is 18.3. The molecule has 0 saturated carbocycles. The lowest BCUT2D eigenvalue weighted by atomic mass is 10.2. The van der Waals surface area contributed by atoms with E-state index in [1.165, 1.54) is 7.11 Å². The molecule has 0 spiro atoms. The number of methoxy groups -OCH3 is 1. The fourth-order valence-corrected chi connectivity index (χ4v) is 4.70. The normalized spacial score (nSPS) is 14.5. The van der Waals surface area contributed by atoms with Crippen molar-refractivity contribution in [2.24, 2.45) is 0 Å². The van der Waals surface area contributed by atoms with Gasteiger partial charge < -0.3 is 19.5 Å². The Hall–Kier alpha value is -4.19. The number of halogens is 1. The molecule has 0 radical (unpaired) electrons. The first-order valence-corrected chi connectivity index (χ1v) is 12.5. The van der Waals surface area contributed by atoms with Gasteiger partial charge in [0, 0.05) is 19.1 Å². The van der Waals surface area contributed by atoms with Gasteiger partial charge in [0.05, 0.1) is 42.9 Å². The number of hydrogen-bond acceptors (Lipinski definition) is 9. The highest BCUT2D eigenvalue weighted by molar-refractivity contribution is 5.95. The molecule has 1 saturated heterocycles. The van der Waals surface area contributed by atoms with Crippen molar-refractivity contribution >= 4 is 34.4 Å². The van der Waals surface area contributed by atoms with E-state index in [0.29, 0.717) is 36.0 Å². The maximum absolute atomic E-state index is 14.9. The lowest BCUT2D eigenvalue weighted by Gasteiger charge is -2.33. The van der Waals surface area contributed by atoms with E-state index in [-0.39, 0.29) is 23.6 Å². The Balaban J connectivity index is 1.42. The molecule has 4 aromatic rings. The third-order valence-corrected chi connectivity index (χ3v) is 6.57. The summed E-state index contributed by atoms with van der Waals surface area (Å²) in [5.41, 5.74) is 2.42. The van der Waals surface area contributed by atoms with E-state index in [1.54, 1.807) is 23.2 Å². The lowest BCUT2D eigenvalue weighted by molar-refractivity contribution is -0.121. The van der Waals surface area contributed by atoms with E-state index in [4.69, 9.17) is 4.74 Å². The van der Waals surface area contributed by atoms with E-state index in [2.05, 4.69) is 35.1 Å². The summed E-state index contributed by atoms with van der Waals surface area (Å²) < 4.78 is 22.4. The summed E-state index contributed by atoms with van der Waals surface area (Å²) >= 11 is 0. The van der Waals surface area contributed by atoms with Crippen molar-refractivity contribution in [1.82, 2.24) is 34.4 Å². The molecule has 4 aromatic heterocycles. The third kappa shape index (κ3) is 4.74. The van der Waals surface area contributed by atoms with Gasteiger partial charge in [-0.05, 0) is 45.5 Å². The quantitative estimate of drug-likeness (QED) is 0.390. The number of imidazole rings is 1. The summed E-state index contributed by atoms with van der Waals surface area (Å²) in [5.74, 6) is 1.13. The summed E-state index contributed by atoms with van der Waals surface area (Å²) in [4.78, 5) is 38.3. The van der Waals surface area contributed by atoms with Crippen molar-refractivity contribution in [2.45, 2.75) is 33.7 Å². The topological polar surface area (TPSA) is 114 Å². The van der Waals surface area contributed by atoms with Gasteiger partial charge >= 0.3 is 0 Å². The number of piperazine rings is 1. The predicted molar refractivity (Wildman–Crippen MR) is 142 cm³/mol. The predicted octanol–water partition coefficient (Wildman–Crippen LogP) is 3.73. The zero-order chi connectivity index (χ0) is 27.0. The smallest absolute Gasteiger partial charge is 0.242 e. The fourth-order valence-electron chi connectivity index (χ4n) is 4.70. The molecule has 1 fully saturated rings. The number of fused-ring (bicyclic) bond motifs is 1. The highest BCUT2D eigenvalue weighted by Crippen LogP contribution is 2.32. The molecule has 5 rings (SSSR count). The number of pyridine rings is 2. The maximum atomic E-state index is 14.9. The summed E-state index contributed by atoms with van der Waals surface area (Å²) in [6, 6.07) is 5.44. The summed E-state index contributed by atoms with van der Waals surface area (Å²) in [6.45, 7) is 10.7. The van der Waals surface area contributed by atoms with Crippen molar-refractivity contribution in [1.29, 1.82) is 0 Å². The monoisotopic (exact) mass is 519 g/mol. The number of likely N-dealkylation sites (N-methyl/N-ethyl adjacent to an activating group) is 1. The minimum atomic E-state index is -0.621. The van der Waals surface area contributed by atoms with Gasteiger partial charge in [-0.3, -0.25) is 9.69 Å². The molecule has 11 nitrogen and oxygen atoms in total. The number of carbonyl (C=O) groups excluding carboxylic acids is 1. The Morgan fingerprint density at radius 1 is 1.13 bits per heavy atom. The van der Waals surface area contributed by atoms with Gasteiger partial charge in [-0.25, -0.2) is 29.3 Å². The van der Waals surface area contributed by atoms with Gasteiger partial charge in [0.2, 0.25) is 17.7 Å². The van der Waals surface area contributed by atoms with Crippen molar-refractivity contribution in [2.75, 3.05) is 43.5 Å². The molecule has 0 unspecified atom stereocenters. The van der Waals surface area contributed by atoms with Crippen LogP contribution in [0.3, 0.4) is 0 Å². The Labute approximate surface area is 219 Å². The first kappa shape index (κ1) is 25.5. The number of amides is 1.